The fraction of sp³-hybridized carbons (Fsp3) is 0.583. The maximum absolute atomic E-state index is 13.0. The van der Waals surface area contributed by atoms with E-state index in [4.69, 9.17) is 4.74 Å². The van der Waals surface area contributed by atoms with Gasteiger partial charge in [-0.25, -0.2) is 0 Å². The Morgan fingerprint density at radius 3 is 2.50 bits per heavy atom. The molecule has 1 unspecified atom stereocenters. The lowest BCUT2D eigenvalue weighted by Gasteiger charge is -2.55. The van der Waals surface area contributed by atoms with Gasteiger partial charge in [-0.1, -0.05) is 23.5 Å². The van der Waals surface area contributed by atoms with Gasteiger partial charge >= 0.3 is 0 Å². The minimum absolute atomic E-state index is 0.0684. The fourth-order valence-electron chi connectivity index (χ4n) is 7.04. The molecule has 1 aliphatic heterocycles. The average Bonchev–Trinajstić information content (AvgIpc) is 3.40. The molecule has 0 radical (unpaired) electrons. The number of para-hydroxylation sites is 2. The molecule has 4 saturated carbocycles. The smallest absolute Gasteiger partial charge is 0.231 e. The zero-order chi connectivity index (χ0) is 21.9. The molecule has 1 aromatic carbocycles. The highest BCUT2D eigenvalue weighted by Crippen LogP contribution is 2.61. The molecule has 2 heterocycles. The summed E-state index contributed by atoms with van der Waals surface area (Å²) in [4.78, 5) is 27.2. The predicted molar refractivity (Wildman–Crippen MR) is 122 cm³/mol. The first-order valence-corrected chi connectivity index (χ1v) is 12.4. The second-order valence-corrected chi connectivity index (χ2v) is 11.2. The molecular weight excluding hydrogens is 424 g/mol. The molecule has 1 aromatic heterocycles. The van der Waals surface area contributed by atoms with Gasteiger partial charge < -0.3 is 15.0 Å². The first-order valence-electron chi connectivity index (χ1n) is 11.6. The number of hydrogen-bond acceptors (Lipinski definition) is 6. The van der Waals surface area contributed by atoms with E-state index in [1.54, 1.807) is 12.0 Å². The normalized spacial score (nSPS) is 33.0. The SMILES string of the molecule is COc1ccccc1N1CC(C(=O)Nc2nnc(C34CC5CC(CC(C5)C3)C4)s2)CC1=O. The maximum atomic E-state index is 13.0. The van der Waals surface area contributed by atoms with Gasteiger partial charge in [0, 0.05) is 18.4 Å². The van der Waals surface area contributed by atoms with Crippen molar-refractivity contribution in [1.82, 2.24) is 10.2 Å². The summed E-state index contributed by atoms with van der Waals surface area (Å²) in [6.45, 7) is 0.339. The summed E-state index contributed by atoms with van der Waals surface area (Å²) >= 11 is 1.54. The van der Waals surface area contributed by atoms with Crippen LogP contribution in [-0.2, 0) is 15.0 Å². The van der Waals surface area contributed by atoms with Gasteiger partial charge in [0.25, 0.3) is 0 Å². The van der Waals surface area contributed by atoms with E-state index in [1.807, 2.05) is 24.3 Å². The van der Waals surface area contributed by atoms with Crippen LogP contribution in [0.1, 0.15) is 50.0 Å². The van der Waals surface area contributed by atoms with Gasteiger partial charge in [0.2, 0.25) is 16.9 Å². The van der Waals surface area contributed by atoms with Crippen LogP contribution in [-0.4, -0.2) is 35.7 Å². The third-order valence-electron chi connectivity index (χ3n) is 8.02. The quantitative estimate of drug-likeness (QED) is 0.741. The highest BCUT2D eigenvalue weighted by molar-refractivity contribution is 7.15. The number of benzene rings is 1. The molecule has 2 amide bonds. The summed E-state index contributed by atoms with van der Waals surface area (Å²) in [6, 6.07) is 7.40. The molecule has 4 bridgehead atoms. The van der Waals surface area contributed by atoms with E-state index in [1.165, 1.54) is 49.9 Å². The Labute approximate surface area is 191 Å². The molecule has 32 heavy (non-hydrogen) atoms. The highest BCUT2D eigenvalue weighted by atomic mass is 32.1. The molecule has 5 aliphatic rings. The number of aromatic nitrogens is 2. The molecular formula is C24H28N4O3S. The monoisotopic (exact) mass is 452 g/mol. The van der Waals surface area contributed by atoms with Gasteiger partial charge in [-0.05, 0) is 68.4 Å². The van der Waals surface area contributed by atoms with Crippen molar-refractivity contribution in [2.24, 2.45) is 23.7 Å². The molecule has 2 aromatic rings. The third-order valence-corrected chi connectivity index (χ3v) is 9.10. The lowest BCUT2D eigenvalue weighted by molar-refractivity contribution is -0.122. The maximum Gasteiger partial charge on any atom is 0.231 e. The number of ether oxygens (including phenoxy) is 1. The van der Waals surface area contributed by atoms with Crippen LogP contribution >= 0.6 is 11.3 Å². The Bertz CT molecular complexity index is 1030. The summed E-state index contributed by atoms with van der Waals surface area (Å²) in [5, 5.41) is 13.5. The van der Waals surface area contributed by atoms with Crippen molar-refractivity contribution in [3.8, 4) is 5.75 Å². The molecule has 1 N–H and O–H groups in total. The minimum Gasteiger partial charge on any atom is -0.495 e. The number of hydrogen-bond donors (Lipinski definition) is 1. The lowest BCUT2D eigenvalue weighted by atomic mass is 9.50. The third kappa shape index (κ3) is 3.31. The van der Waals surface area contributed by atoms with E-state index in [-0.39, 0.29) is 23.7 Å². The van der Waals surface area contributed by atoms with E-state index in [2.05, 4.69) is 15.5 Å². The number of methoxy groups -OCH3 is 1. The van der Waals surface area contributed by atoms with Crippen molar-refractivity contribution in [2.75, 3.05) is 23.9 Å². The molecule has 8 heteroatoms. The lowest BCUT2D eigenvalue weighted by Crippen LogP contribution is -2.48. The van der Waals surface area contributed by atoms with Crippen LogP contribution < -0.4 is 15.0 Å². The van der Waals surface area contributed by atoms with Crippen LogP contribution in [0.4, 0.5) is 10.8 Å². The van der Waals surface area contributed by atoms with Crippen LogP contribution in [0.15, 0.2) is 24.3 Å². The van der Waals surface area contributed by atoms with Gasteiger partial charge in [-0.3, -0.25) is 9.59 Å². The molecule has 4 aliphatic carbocycles. The van der Waals surface area contributed by atoms with Crippen LogP contribution in [0.3, 0.4) is 0 Å². The largest absolute Gasteiger partial charge is 0.495 e. The van der Waals surface area contributed by atoms with Crippen molar-refractivity contribution in [3.05, 3.63) is 29.3 Å². The number of anilines is 2. The fourth-order valence-corrected chi connectivity index (χ4v) is 8.00. The van der Waals surface area contributed by atoms with Gasteiger partial charge in [-0.15, -0.1) is 10.2 Å². The van der Waals surface area contributed by atoms with Gasteiger partial charge in [-0.2, -0.15) is 0 Å². The zero-order valence-electron chi connectivity index (χ0n) is 18.3. The highest BCUT2D eigenvalue weighted by Gasteiger charge is 2.53. The number of carbonyl (C=O) groups excluding carboxylic acids is 2. The Kier molecular flexibility index (Phi) is 4.75. The first-order chi connectivity index (χ1) is 15.5. The molecule has 7 nitrogen and oxygen atoms in total. The van der Waals surface area contributed by atoms with Crippen LogP contribution in [0, 0.1) is 23.7 Å². The molecule has 7 rings (SSSR count). The van der Waals surface area contributed by atoms with Crippen molar-refractivity contribution >= 4 is 34.0 Å². The van der Waals surface area contributed by atoms with Crippen LogP contribution in [0.2, 0.25) is 0 Å². The number of rotatable bonds is 5. The molecule has 1 saturated heterocycles. The first kappa shape index (κ1) is 20.1. The second kappa shape index (κ2) is 7.54. The van der Waals surface area contributed by atoms with Crippen LogP contribution in [0.5, 0.6) is 5.75 Å². The summed E-state index contributed by atoms with van der Waals surface area (Å²) < 4.78 is 5.39. The Balaban J connectivity index is 1.15. The van der Waals surface area contributed by atoms with E-state index < -0.39 is 5.92 Å². The minimum atomic E-state index is -0.417. The summed E-state index contributed by atoms with van der Waals surface area (Å²) in [6.07, 6.45) is 8.04. The number of carbonyl (C=O) groups is 2. The van der Waals surface area contributed by atoms with E-state index in [9.17, 15) is 9.59 Å². The summed E-state index contributed by atoms with van der Waals surface area (Å²) in [5.41, 5.74) is 0.884. The zero-order valence-corrected chi connectivity index (χ0v) is 19.1. The van der Waals surface area contributed by atoms with Crippen LogP contribution in [0.25, 0.3) is 0 Å². The second-order valence-electron chi connectivity index (χ2n) is 10.2. The Morgan fingerprint density at radius 2 is 1.81 bits per heavy atom. The standard InChI is InChI=1S/C24H28N4O3S/c1-31-19-5-3-2-4-18(19)28-13-17(9-20(28)29)21(30)25-23-27-26-22(32-23)24-10-14-6-15(11-24)8-16(7-14)12-24/h2-5,14-17H,6-13H2,1H3,(H,25,27,30). The average molecular weight is 453 g/mol. The molecule has 0 spiro atoms. The van der Waals surface area contributed by atoms with Gasteiger partial charge in [0.15, 0.2) is 0 Å². The van der Waals surface area contributed by atoms with Crippen molar-refractivity contribution in [2.45, 2.75) is 50.4 Å². The number of amides is 2. The number of nitrogens with one attached hydrogen (secondary N) is 1. The summed E-state index contributed by atoms with van der Waals surface area (Å²) in [5.74, 6) is 2.51. The van der Waals surface area contributed by atoms with E-state index in [0.29, 0.717) is 23.1 Å². The summed E-state index contributed by atoms with van der Waals surface area (Å²) in [7, 11) is 1.58. The van der Waals surface area contributed by atoms with Crippen molar-refractivity contribution < 1.29 is 14.3 Å². The topological polar surface area (TPSA) is 84.4 Å². The molecule has 5 fully saturated rings. The number of nitrogens with zero attached hydrogens (tertiary/aromatic N) is 3. The van der Waals surface area contributed by atoms with E-state index >= 15 is 0 Å². The molecule has 168 valence electrons. The Hall–Kier alpha value is -2.48. The predicted octanol–water partition coefficient (Wildman–Crippen LogP) is 4.01. The van der Waals surface area contributed by atoms with E-state index in [0.717, 1.165) is 22.8 Å². The molecule has 1 atom stereocenters. The van der Waals surface area contributed by atoms with Gasteiger partial charge in [0.1, 0.15) is 10.8 Å². The van der Waals surface area contributed by atoms with Gasteiger partial charge in [0.05, 0.1) is 18.7 Å². The van der Waals surface area contributed by atoms with Crippen molar-refractivity contribution in [1.29, 1.82) is 0 Å². The Morgan fingerprint density at radius 1 is 1.12 bits per heavy atom. The van der Waals surface area contributed by atoms with Crippen molar-refractivity contribution in [3.63, 3.8) is 0 Å².